The Kier molecular flexibility index (Phi) is 8.20. The molecule has 0 aromatic heterocycles. The maximum atomic E-state index is 11.6. The number of hydrogen-bond donors (Lipinski definition) is 2. The van der Waals surface area contributed by atoms with E-state index in [4.69, 9.17) is 10.2 Å². The summed E-state index contributed by atoms with van der Waals surface area (Å²) in [6.07, 6.45) is 0.967. The lowest BCUT2D eigenvalue weighted by molar-refractivity contribution is -0.156. The van der Waals surface area contributed by atoms with Gasteiger partial charge >= 0.3 is 11.9 Å². The fourth-order valence-electron chi connectivity index (χ4n) is 1.94. The molecule has 0 aromatic rings. The standard InChI is InChI=1S/C12H21BrO6/c1-8(4-9(2)10(16)18-6-14)5-12(3,13)11(17)19-7-15/h8-9,14-15H,4-7H2,1-3H3. The molecule has 0 heterocycles. The van der Waals surface area contributed by atoms with Gasteiger partial charge in [0.1, 0.15) is 4.32 Å². The van der Waals surface area contributed by atoms with E-state index in [1.165, 1.54) is 0 Å². The fraction of sp³-hybridized carbons (Fsp3) is 0.833. The van der Waals surface area contributed by atoms with E-state index in [0.717, 1.165) is 0 Å². The van der Waals surface area contributed by atoms with Crippen LogP contribution in [-0.4, -0.2) is 40.1 Å². The first-order valence-corrected chi connectivity index (χ1v) is 6.78. The van der Waals surface area contributed by atoms with Gasteiger partial charge in [-0.15, -0.1) is 0 Å². The molecule has 0 aliphatic rings. The lowest BCUT2D eigenvalue weighted by atomic mass is 9.89. The topological polar surface area (TPSA) is 93.1 Å². The summed E-state index contributed by atoms with van der Waals surface area (Å²) in [7, 11) is 0. The molecule has 0 aliphatic heterocycles. The van der Waals surface area contributed by atoms with Gasteiger partial charge in [0.05, 0.1) is 5.92 Å². The highest BCUT2D eigenvalue weighted by molar-refractivity contribution is 9.10. The van der Waals surface area contributed by atoms with Gasteiger partial charge in [0, 0.05) is 0 Å². The molecule has 19 heavy (non-hydrogen) atoms. The zero-order valence-corrected chi connectivity index (χ0v) is 13.0. The fourth-order valence-corrected chi connectivity index (χ4v) is 2.60. The molecule has 0 aromatic carbocycles. The number of ether oxygens (including phenoxy) is 2. The summed E-state index contributed by atoms with van der Waals surface area (Å²) in [6.45, 7) is 3.96. The summed E-state index contributed by atoms with van der Waals surface area (Å²) in [5, 5.41) is 17.1. The van der Waals surface area contributed by atoms with Crippen LogP contribution in [0.4, 0.5) is 0 Å². The van der Waals surface area contributed by atoms with Crippen molar-refractivity contribution in [2.24, 2.45) is 11.8 Å². The number of carbonyl (C=O) groups is 2. The van der Waals surface area contributed by atoms with Gasteiger partial charge in [-0.05, 0) is 25.7 Å². The summed E-state index contributed by atoms with van der Waals surface area (Å²) in [5.41, 5.74) is 0. The van der Waals surface area contributed by atoms with Crippen molar-refractivity contribution in [3.63, 3.8) is 0 Å². The summed E-state index contributed by atoms with van der Waals surface area (Å²) in [5.74, 6) is -1.33. The minimum Gasteiger partial charge on any atom is -0.438 e. The van der Waals surface area contributed by atoms with Crippen LogP contribution < -0.4 is 0 Å². The molecule has 0 saturated heterocycles. The molecule has 6 nitrogen and oxygen atoms in total. The van der Waals surface area contributed by atoms with E-state index in [0.29, 0.717) is 12.8 Å². The summed E-state index contributed by atoms with van der Waals surface area (Å²) in [4.78, 5) is 22.9. The summed E-state index contributed by atoms with van der Waals surface area (Å²) < 4.78 is 8.14. The third-order valence-corrected chi connectivity index (χ3v) is 3.37. The van der Waals surface area contributed by atoms with Crippen LogP contribution in [0.1, 0.15) is 33.6 Å². The monoisotopic (exact) mass is 340 g/mol. The third kappa shape index (κ3) is 6.89. The van der Waals surface area contributed by atoms with Gasteiger partial charge in [-0.2, -0.15) is 0 Å². The second kappa shape index (κ2) is 8.50. The smallest absolute Gasteiger partial charge is 0.324 e. The van der Waals surface area contributed by atoms with Crippen LogP contribution in [0.2, 0.25) is 0 Å². The molecule has 3 atom stereocenters. The van der Waals surface area contributed by atoms with E-state index in [2.05, 4.69) is 25.4 Å². The number of hydrogen-bond acceptors (Lipinski definition) is 6. The SMILES string of the molecule is CC(CC(C)C(=O)OCO)CC(C)(Br)C(=O)OCO. The number of carbonyl (C=O) groups excluding carboxylic acids is 2. The van der Waals surface area contributed by atoms with Gasteiger partial charge in [0.2, 0.25) is 0 Å². The molecule has 0 rings (SSSR count). The first-order chi connectivity index (χ1) is 8.74. The molecule has 112 valence electrons. The van der Waals surface area contributed by atoms with Crippen LogP contribution >= 0.6 is 15.9 Å². The Labute approximate surface area is 121 Å². The molecule has 2 N–H and O–H groups in total. The quantitative estimate of drug-likeness (QED) is 0.391. The number of aliphatic hydroxyl groups excluding tert-OH is 2. The number of rotatable bonds is 8. The average Bonchev–Trinajstić information content (AvgIpc) is 2.28. The van der Waals surface area contributed by atoms with Gasteiger partial charge < -0.3 is 19.7 Å². The lowest BCUT2D eigenvalue weighted by Crippen LogP contribution is -2.33. The molecule has 7 heteroatoms. The minimum absolute atomic E-state index is 0.0526. The maximum Gasteiger partial charge on any atom is 0.324 e. The number of halogens is 1. The van der Waals surface area contributed by atoms with Crippen molar-refractivity contribution in [2.45, 2.75) is 37.9 Å². The average molecular weight is 341 g/mol. The predicted molar refractivity (Wildman–Crippen MR) is 71.2 cm³/mol. The van der Waals surface area contributed by atoms with Crippen LogP contribution in [0.5, 0.6) is 0 Å². The van der Waals surface area contributed by atoms with Crippen molar-refractivity contribution >= 4 is 27.9 Å². The molecule has 0 fully saturated rings. The van der Waals surface area contributed by atoms with Crippen LogP contribution in [0, 0.1) is 11.8 Å². The molecule has 3 unspecified atom stereocenters. The van der Waals surface area contributed by atoms with Crippen molar-refractivity contribution in [3.8, 4) is 0 Å². The molecular formula is C12H21BrO6. The lowest BCUT2D eigenvalue weighted by Gasteiger charge is -2.25. The molecular weight excluding hydrogens is 320 g/mol. The van der Waals surface area contributed by atoms with Crippen LogP contribution in [0.25, 0.3) is 0 Å². The first kappa shape index (κ1) is 18.3. The van der Waals surface area contributed by atoms with Crippen molar-refractivity contribution in [2.75, 3.05) is 13.6 Å². The highest BCUT2D eigenvalue weighted by Gasteiger charge is 2.34. The normalized spacial score (nSPS) is 17.2. The van der Waals surface area contributed by atoms with Crippen LogP contribution in [0.15, 0.2) is 0 Å². The van der Waals surface area contributed by atoms with Crippen LogP contribution in [-0.2, 0) is 19.1 Å². The van der Waals surface area contributed by atoms with E-state index < -0.39 is 29.8 Å². The molecule has 0 spiro atoms. The van der Waals surface area contributed by atoms with Crippen LogP contribution in [0.3, 0.4) is 0 Å². The molecule has 0 aliphatic carbocycles. The number of alkyl halides is 1. The second-order valence-corrected chi connectivity index (χ2v) is 6.55. The van der Waals surface area contributed by atoms with E-state index in [1.54, 1.807) is 13.8 Å². The zero-order valence-electron chi connectivity index (χ0n) is 11.4. The largest absolute Gasteiger partial charge is 0.438 e. The highest BCUT2D eigenvalue weighted by atomic mass is 79.9. The van der Waals surface area contributed by atoms with Gasteiger partial charge in [-0.25, -0.2) is 0 Å². The van der Waals surface area contributed by atoms with Gasteiger partial charge in [-0.3, -0.25) is 9.59 Å². The van der Waals surface area contributed by atoms with E-state index >= 15 is 0 Å². The Bertz CT molecular complexity index is 305. The summed E-state index contributed by atoms with van der Waals surface area (Å²) >= 11 is 3.26. The maximum absolute atomic E-state index is 11.6. The van der Waals surface area contributed by atoms with E-state index in [9.17, 15) is 9.59 Å². The Morgan fingerprint density at radius 3 is 2.21 bits per heavy atom. The molecule has 0 saturated carbocycles. The van der Waals surface area contributed by atoms with Crippen molar-refractivity contribution in [1.29, 1.82) is 0 Å². The first-order valence-electron chi connectivity index (χ1n) is 5.99. The minimum atomic E-state index is -0.907. The Balaban J connectivity index is 4.33. The van der Waals surface area contributed by atoms with Gasteiger partial charge in [-0.1, -0.05) is 29.8 Å². The molecule has 0 radical (unpaired) electrons. The Morgan fingerprint density at radius 1 is 1.21 bits per heavy atom. The van der Waals surface area contributed by atoms with Crippen molar-refractivity contribution < 1.29 is 29.3 Å². The number of esters is 2. The predicted octanol–water partition coefficient (Wildman–Crippen LogP) is 1.18. The highest BCUT2D eigenvalue weighted by Crippen LogP contribution is 2.30. The Hall–Kier alpha value is -0.660. The molecule has 0 amide bonds. The number of aliphatic hydroxyl groups is 2. The zero-order chi connectivity index (χ0) is 15.1. The van der Waals surface area contributed by atoms with E-state index in [-0.39, 0.29) is 11.8 Å². The summed E-state index contributed by atoms with van der Waals surface area (Å²) in [6, 6.07) is 0. The third-order valence-electron chi connectivity index (χ3n) is 2.72. The second-order valence-electron chi connectivity index (χ2n) is 4.80. The van der Waals surface area contributed by atoms with Gasteiger partial charge in [0.25, 0.3) is 0 Å². The van der Waals surface area contributed by atoms with E-state index in [1.807, 2.05) is 6.92 Å². The Morgan fingerprint density at radius 2 is 1.74 bits per heavy atom. The van der Waals surface area contributed by atoms with Crippen molar-refractivity contribution in [3.05, 3.63) is 0 Å². The van der Waals surface area contributed by atoms with Crippen molar-refractivity contribution in [1.82, 2.24) is 0 Å². The molecule has 0 bridgehead atoms. The van der Waals surface area contributed by atoms with Gasteiger partial charge in [0.15, 0.2) is 13.6 Å².